The molecule has 1 aromatic heterocycles. The zero-order chi connectivity index (χ0) is 20.5. The maximum Gasteiger partial charge on any atom is 0.319 e. The van der Waals surface area contributed by atoms with Crippen molar-refractivity contribution in [2.75, 3.05) is 32.2 Å². The van der Waals surface area contributed by atoms with Crippen molar-refractivity contribution in [3.8, 4) is 18.0 Å². The number of hydrogen-bond acceptors (Lipinski definition) is 7. The average molecular weight is 393 g/mol. The molecular weight excluding hydrogens is 370 g/mol. The number of anilines is 1. The number of nitriles is 1. The van der Waals surface area contributed by atoms with Crippen molar-refractivity contribution in [2.45, 2.75) is 25.9 Å². The van der Waals surface area contributed by atoms with E-state index in [-0.39, 0.29) is 18.0 Å². The van der Waals surface area contributed by atoms with Gasteiger partial charge in [0.15, 0.2) is 0 Å². The molecule has 2 aliphatic rings. The van der Waals surface area contributed by atoms with Crippen LogP contribution in [0.5, 0.6) is 11.9 Å². The van der Waals surface area contributed by atoms with Crippen LogP contribution in [0.2, 0.25) is 0 Å². The van der Waals surface area contributed by atoms with Crippen LogP contribution in [0.1, 0.15) is 36.2 Å². The summed E-state index contributed by atoms with van der Waals surface area (Å²) in [7, 11) is 3.07. The molecule has 0 spiro atoms. The molecule has 2 aromatic rings. The Balaban J connectivity index is 1.38. The molecule has 1 saturated heterocycles. The van der Waals surface area contributed by atoms with Crippen molar-refractivity contribution >= 4 is 11.6 Å². The van der Waals surface area contributed by atoms with Crippen LogP contribution in [-0.4, -0.2) is 48.1 Å². The van der Waals surface area contributed by atoms with Gasteiger partial charge in [-0.15, -0.1) is 0 Å². The first-order valence-corrected chi connectivity index (χ1v) is 9.57. The van der Waals surface area contributed by atoms with E-state index in [0.29, 0.717) is 30.3 Å². The van der Waals surface area contributed by atoms with Crippen molar-refractivity contribution in [3.63, 3.8) is 0 Å². The largest absolute Gasteiger partial charge is 0.481 e. The lowest BCUT2D eigenvalue weighted by Gasteiger charge is -2.41. The van der Waals surface area contributed by atoms with E-state index < -0.39 is 0 Å². The highest BCUT2D eigenvalue weighted by Gasteiger charge is 2.38. The van der Waals surface area contributed by atoms with Gasteiger partial charge in [-0.3, -0.25) is 4.79 Å². The fourth-order valence-corrected chi connectivity index (χ4v) is 4.04. The standard InChI is InChI=1S/C21H23N5O3/c1-13-19-17(23-21(29-3)24-20(19)28-2)12-26(13)18(27)8-15-10-25(11-15)16-6-4-14(9-22)5-7-16/h4-7,13,15H,8,10-12H2,1-3H3. The molecule has 3 heterocycles. The number of fused-ring (bicyclic) bond motifs is 1. The number of ether oxygens (including phenoxy) is 2. The van der Waals surface area contributed by atoms with E-state index >= 15 is 0 Å². The van der Waals surface area contributed by atoms with Crippen LogP contribution in [0.4, 0.5) is 5.69 Å². The van der Waals surface area contributed by atoms with Gasteiger partial charge in [-0.2, -0.15) is 15.2 Å². The van der Waals surface area contributed by atoms with Gasteiger partial charge in [0.25, 0.3) is 0 Å². The summed E-state index contributed by atoms with van der Waals surface area (Å²) >= 11 is 0. The highest BCUT2D eigenvalue weighted by atomic mass is 16.5. The predicted molar refractivity (Wildman–Crippen MR) is 106 cm³/mol. The Labute approximate surface area is 169 Å². The first-order chi connectivity index (χ1) is 14.0. The first-order valence-electron chi connectivity index (χ1n) is 9.57. The number of benzene rings is 1. The van der Waals surface area contributed by atoms with Gasteiger partial charge < -0.3 is 19.3 Å². The Morgan fingerprint density at radius 3 is 2.55 bits per heavy atom. The maximum absolute atomic E-state index is 13.0. The monoisotopic (exact) mass is 393 g/mol. The fraction of sp³-hybridized carbons (Fsp3) is 0.429. The van der Waals surface area contributed by atoms with Crippen molar-refractivity contribution in [3.05, 3.63) is 41.1 Å². The highest BCUT2D eigenvalue weighted by Crippen LogP contribution is 2.39. The van der Waals surface area contributed by atoms with E-state index in [1.54, 1.807) is 7.11 Å². The number of hydrogen-bond donors (Lipinski definition) is 0. The van der Waals surface area contributed by atoms with Crippen LogP contribution in [0, 0.1) is 17.2 Å². The molecule has 0 bridgehead atoms. The normalized spacial score (nSPS) is 18.1. The number of rotatable bonds is 5. The topological polar surface area (TPSA) is 91.6 Å². The van der Waals surface area contributed by atoms with Gasteiger partial charge >= 0.3 is 6.01 Å². The third-order valence-electron chi connectivity index (χ3n) is 5.65. The summed E-state index contributed by atoms with van der Waals surface area (Å²) in [6, 6.07) is 9.79. The van der Waals surface area contributed by atoms with E-state index in [9.17, 15) is 4.79 Å². The van der Waals surface area contributed by atoms with Crippen LogP contribution in [0.25, 0.3) is 0 Å². The molecule has 0 aliphatic carbocycles. The van der Waals surface area contributed by atoms with Gasteiger partial charge in [0.2, 0.25) is 11.8 Å². The van der Waals surface area contributed by atoms with Crippen LogP contribution < -0.4 is 14.4 Å². The highest BCUT2D eigenvalue weighted by molar-refractivity contribution is 5.78. The van der Waals surface area contributed by atoms with E-state index in [0.717, 1.165) is 30.0 Å². The smallest absolute Gasteiger partial charge is 0.319 e. The van der Waals surface area contributed by atoms with Gasteiger partial charge in [0, 0.05) is 31.1 Å². The molecule has 1 fully saturated rings. The summed E-state index contributed by atoms with van der Waals surface area (Å²) in [5.41, 5.74) is 3.37. The van der Waals surface area contributed by atoms with Crippen molar-refractivity contribution in [1.82, 2.24) is 14.9 Å². The molecule has 1 amide bonds. The molecule has 1 aromatic carbocycles. The quantitative estimate of drug-likeness (QED) is 0.770. The Morgan fingerprint density at radius 1 is 1.21 bits per heavy atom. The zero-order valence-electron chi connectivity index (χ0n) is 16.8. The Morgan fingerprint density at radius 2 is 1.93 bits per heavy atom. The molecule has 1 unspecified atom stereocenters. The van der Waals surface area contributed by atoms with Gasteiger partial charge in [-0.1, -0.05) is 0 Å². The molecule has 150 valence electrons. The van der Waals surface area contributed by atoms with E-state index in [2.05, 4.69) is 20.9 Å². The number of nitrogens with zero attached hydrogens (tertiary/aromatic N) is 5. The molecule has 0 saturated carbocycles. The molecule has 4 rings (SSSR count). The third kappa shape index (κ3) is 3.44. The SMILES string of the molecule is COc1nc2c(c(OC)n1)C(C)N(C(=O)CC1CN(c3ccc(C#N)cc3)C1)C2. The van der Waals surface area contributed by atoms with E-state index in [1.165, 1.54) is 7.11 Å². The van der Waals surface area contributed by atoms with E-state index in [4.69, 9.17) is 14.7 Å². The molecular formula is C21H23N5O3. The second-order valence-electron chi connectivity index (χ2n) is 7.41. The predicted octanol–water partition coefficient (Wildman–Crippen LogP) is 2.30. The average Bonchev–Trinajstić information content (AvgIpc) is 3.06. The fourth-order valence-electron chi connectivity index (χ4n) is 4.04. The van der Waals surface area contributed by atoms with Crippen LogP contribution >= 0.6 is 0 Å². The molecule has 0 N–H and O–H groups in total. The van der Waals surface area contributed by atoms with Gasteiger partial charge in [-0.25, -0.2) is 0 Å². The second-order valence-corrected chi connectivity index (χ2v) is 7.41. The first kappa shape index (κ1) is 19.0. The summed E-state index contributed by atoms with van der Waals surface area (Å²) in [6.07, 6.45) is 0.498. The lowest BCUT2D eigenvalue weighted by atomic mass is 9.94. The zero-order valence-corrected chi connectivity index (χ0v) is 16.8. The summed E-state index contributed by atoms with van der Waals surface area (Å²) < 4.78 is 10.5. The Bertz CT molecular complexity index is 964. The summed E-state index contributed by atoms with van der Waals surface area (Å²) in [6.45, 7) is 4.09. The molecule has 29 heavy (non-hydrogen) atoms. The Hall–Kier alpha value is -3.34. The number of aromatic nitrogens is 2. The van der Waals surface area contributed by atoms with Gasteiger partial charge in [0.1, 0.15) is 0 Å². The van der Waals surface area contributed by atoms with E-state index in [1.807, 2.05) is 36.1 Å². The summed E-state index contributed by atoms with van der Waals surface area (Å²) in [5.74, 6) is 0.892. The number of carbonyl (C=O) groups is 1. The number of amides is 1. The number of carbonyl (C=O) groups excluding carboxylic acids is 1. The minimum absolute atomic E-state index is 0.112. The van der Waals surface area contributed by atoms with Gasteiger partial charge in [-0.05, 0) is 31.2 Å². The molecule has 8 heteroatoms. The minimum atomic E-state index is -0.131. The van der Waals surface area contributed by atoms with Crippen LogP contribution in [-0.2, 0) is 11.3 Å². The lowest BCUT2D eigenvalue weighted by Crippen LogP contribution is -2.48. The van der Waals surface area contributed by atoms with Gasteiger partial charge in [0.05, 0.1) is 49.7 Å². The summed E-state index contributed by atoms with van der Waals surface area (Å²) in [4.78, 5) is 25.7. The molecule has 8 nitrogen and oxygen atoms in total. The lowest BCUT2D eigenvalue weighted by molar-refractivity contribution is -0.134. The van der Waals surface area contributed by atoms with Crippen molar-refractivity contribution in [2.24, 2.45) is 5.92 Å². The third-order valence-corrected chi connectivity index (χ3v) is 5.65. The number of methoxy groups -OCH3 is 2. The second kappa shape index (κ2) is 7.59. The minimum Gasteiger partial charge on any atom is -0.481 e. The van der Waals surface area contributed by atoms with Crippen LogP contribution in [0.3, 0.4) is 0 Å². The maximum atomic E-state index is 13.0. The Kier molecular flexibility index (Phi) is 4.97. The molecule has 2 aliphatic heterocycles. The summed E-state index contributed by atoms with van der Waals surface area (Å²) in [5, 5.41) is 8.90. The molecule has 0 radical (unpaired) electrons. The van der Waals surface area contributed by atoms with Crippen molar-refractivity contribution < 1.29 is 14.3 Å². The van der Waals surface area contributed by atoms with Crippen LogP contribution in [0.15, 0.2) is 24.3 Å². The van der Waals surface area contributed by atoms with Crippen molar-refractivity contribution in [1.29, 1.82) is 5.26 Å². The molecule has 1 atom stereocenters.